The fourth-order valence-corrected chi connectivity index (χ4v) is 5.04. The molecule has 2 aliphatic heterocycles. The third-order valence-corrected chi connectivity index (χ3v) is 6.59. The highest BCUT2D eigenvalue weighted by molar-refractivity contribution is 5.54. The van der Waals surface area contributed by atoms with Gasteiger partial charge in [0.15, 0.2) is 17.6 Å². The van der Waals surface area contributed by atoms with Crippen LogP contribution in [0.15, 0.2) is 78.9 Å². The number of benzene rings is 3. The molecule has 0 bridgehead atoms. The van der Waals surface area contributed by atoms with E-state index in [4.69, 9.17) is 19.3 Å². The number of aliphatic hydroxyl groups excluding tert-OH is 1. The maximum absolute atomic E-state index is 11.5. The summed E-state index contributed by atoms with van der Waals surface area (Å²) in [5.74, 6) is 0.308. The van der Waals surface area contributed by atoms with Crippen LogP contribution in [0.25, 0.3) is 5.69 Å². The van der Waals surface area contributed by atoms with Crippen LogP contribution >= 0.6 is 0 Å². The molecule has 6 nitrogen and oxygen atoms in total. The van der Waals surface area contributed by atoms with Crippen molar-refractivity contribution in [3.05, 3.63) is 101 Å². The topological polar surface area (TPSA) is 65.7 Å². The molecule has 2 aliphatic rings. The van der Waals surface area contributed by atoms with Gasteiger partial charge in [-0.2, -0.15) is 5.10 Å². The van der Waals surface area contributed by atoms with Gasteiger partial charge < -0.3 is 19.3 Å². The van der Waals surface area contributed by atoms with Gasteiger partial charge in [-0.25, -0.2) is 4.68 Å². The highest BCUT2D eigenvalue weighted by Gasteiger charge is 2.57. The van der Waals surface area contributed by atoms with Crippen LogP contribution in [0.5, 0.6) is 17.4 Å². The number of fused-ring (bicyclic) bond motifs is 2. The number of hydrogen-bond acceptors (Lipinski definition) is 5. The second-order valence-electron chi connectivity index (χ2n) is 8.52. The number of ether oxygens (including phenoxy) is 3. The van der Waals surface area contributed by atoms with E-state index in [1.165, 1.54) is 0 Å². The van der Waals surface area contributed by atoms with Crippen molar-refractivity contribution in [1.82, 2.24) is 9.78 Å². The molecule has 6 rings (SSSR count). The lowest BCUT2D eigenvalue weighted by Crippen LogP contribution is -2.48. The van der Waals surface area contributed by atoms with E-state index >= 15 is 0 Å². The van der Waals surface area contributed by atoms with Crippen molar-refractivity contribution >= 4 is 0 Å². The number of hydrogen-bond donors (Lipinski definition) is 1. The molecule has 1 spiro atoms. The Hall–Kier alpha value is -3.77. The molecule has 166 valence electrons. The van der Waals surface area contributed by atoms with E-state index in [2.05, 4.69) is 12.1 Å². The van der Waals surface area contributed by atoms with Crippen LogP contribution in [-0.4, -0.2) is 27.8 Å². The van der Waals surface area contributed by atoms with Gasteiger partial charge >= 0.3 is 0 Å². The zero-order valence-electron chi connectivity index (χ0n) is 18.4. The van der Waals surface area contributed by atoms with E-state index in [1.54, 1.807) is 11.8 Å². The Bertz CT molecular complexity index is 1320. The van der Waals surface area contributed by atoms with Gasteiger partial charge in [-0.1, -0.05) is 60.7 Å². The summed E-state index contributed by atoms with van der Waals surface area (Å²) in [6.07, 6.45) is -0.550. The summed E-state index contributed by atoms with van der Waals surface area (Å²) in [5, 5.41) is 16.3. The first-order valence-corrected chi connectivity index (χ1v) is 11.0. The zero-order valence-corrected chi connectivity index (χ0v) is 18.4. The molecular formula is C27H24N2O4. The summed E-state index contributed by atoms with van der Waals surface area (Å²) in [6.45, 7) is 2.00. The zero-order chi connectivity index (χ0) is 22.6. The second kappa shape index (κ2) is 7.39. The van der Waals surface area contributed by atoms with Gasteiger partial charge in [-0.15, -0.1) is 0 Å². The first kappa shape index (κ1) is 19.9. The van der Waals surface area contributed by atoms with E-state index in [0.29, 0.717) is 29.4 Å². The van der Waals surface area contributed by atoms with E-state index in [9.17, 15) is 5.11 Å². The number of rotatable bonds is 3. The van der Waals surface area contributed by atoms with Crippen molar-refractivity contribution in [3.8, 4) is 23.1 Å². The molecule has 0 aliphatic carbocycles. The summed E-state index contributed by atoms with van der Waals surface area (Å²) >= 11 is 0. The van der Waals surface area contributed by atoms with Crippen LogP contribution in [0.1, 0.15) is 40.8 Å². The first-order chi connectivity index (χ1) is 16.1. The van der Waals surface area contributed by atoms with Gasteiger partial charge in [0.25, 0.3) is 5.79 Å². The van der Waals surface area contributed by atoms with Gasteiger partial charge in [-0.05, 0) is 30.7 Å². The Morgan fingerprint density at radius 3 is 2.42 bits per heavy atom. The van der Waals surface area contributed by atoms with Gasteiger partial charge in [0, 0.05) is 23.5 Å². The number of aryl methyl sites for hydroxylation is 1. The Balaban J connectivity index is 1.55. The van der Waals surface area contributed by atoms with Gasteiger partial charge in [0.2, 0.25) is 5.88 Å². The van der Waals surface area contributed by atoms with Crippen LogP contribution in [0, 0.1) is 6.92 Å². The van der Waals surface area contributed by atoms with E-state index in [1.807, 2.05) is 73.7 Å². The fraction of sp³-hybridized carbons (Fsp3) is 0.222. The molecular weight excluding hydrogens is 416 g/mol. The van der Waals surface area contributed by atoms with E-state index in [0.717, 1.165) is 22.5 Å². The average molecular weight is 440 g/mol. The lowest BCUT2D eigenvalue weighted by atomic mass is 9.81. The lowest BCUT2D eigenvalue weighted by Gasteiger charge is -2.39. The van der Waals surface area contributed by atoms with Crippen LogP contribution in [-0.2, 0) is 0 Å². The van der Waals surface area contributed by atoms with Gasteiger partial charge in [0.1, 0.15) is 0 Å². The molecule has 33 heavy (non-hydrogen) atoms. The van der Waals surface area contributed by atoms with Crippen molar-refractivity contribution < 1.29 is 19.3 Å². The number of aromatic nitrogens is 2. The molecule has 1 N–H and O–H groups in total. The predicted octanol–water partition coefficient (Wildman–Crippen LogP) is 4.93. The van der Waals surface area contributed by atoms with Gasteiger partial charge in [-0.3, -0.25) is 0 Å². The summed E-state index contributed by atoms with van der Waals surface area (Å²) in [7, 11) is 1.59. The number of methoxy groups -OCH3 is 1. The summed E-state index contributed by atoms with van der Waals surface area (Å²) in [4.78, 5) is 0. The van der Waals surface area contributed by atoms with E-state index < -0.39 is 11.9 Å². The molecule has 0 fully saturated rings. The Morgan fingerprint density at radius 2 is 1.70 bits per heavy atom. The molecule has 0 unspecified atom stereocenters. The molecule has 0 saturated carbocycles. The SMILES string of the molecule is COc1cccc2c1O[C@]1(C[C@H](c3ccccc3)c3c(C)nn(-c4ccccc4)c3O1)[C@H]2O. The molecule has 3 aromatic carbocycles. The predicted molar refractivity (Wildman–Crippen MR) is 123 cm³/mol. The third kappa shape index (κ3) is 2.94. The lowest BCUT2D eigenvalue weighted by molar-refractivity contribution is -0.185. The summed E-state index contributed by atoms with van der Waals surface area (Å²) < 4.78 is 20.4. The minimum absolute atomic E-state index is 0.0673. The minimum atomic E-state index is -1.30. The monoisotopic (exact) mass is 440 g/mol. The molecule has 0 saturated heterocycles. The van der Waals surface area contributed by atoms with Crippen LogP contribution in [0.3, 0.4) is 0 Å². The number of nitrogens with zero attached hydrogens (tertiary/aromatic N) is 2. The van der Waals surface area contributed by atoms with E-state index in [-0.39, 0.29) is 5.92 Å². The number of para-hydroxylation sites is 2. The maximum atomic E-state index is 11.5. The fourth-order valence-electron chi connectivity index (χ4n) is 5.04. The molecule has 0 amide bonds. The van der Waals surface area contributed by atoms with Gasteiger partial charge in [0.05, 0.1) is 18.5 Å². The van der Waals surface area contributed by atoms with Crippen LogP contribution in [0.2, 0.25) is 0 Å². The minimum Gasteiger partial charge on any atom is -0.493 e. The quantitative estimate of drug-likeness (QED) is 0.490. The highest BCUT2D eigenvalue weighted by Crippen LogP contribution is 2.56. The average Bonchev–Trinajstić information content (AvgIpc) is 3.33. The molecule has 6 heteroatoms. The smallest absolute Gasteiger partial charge is 0.284 e. The maximum Gasteiger partial charge on any atom is 0.284 e. The first-order valence-electron chi connectivity index (χ1n) is 11.0. The molecule has 1 aromatic heterocycles. The van der Waals surface area contributed by atoms with Crippen LogP contribution < -0.4 is 14.2 Å². The van der Waals surface area contributed by atoms with Crippen molar-refractivity contribution in [1.29, 1.82) is 0 Å². The standard InChI is InChI=1S/C27H24N2O4/c1-17-23-21(18-10-5-3-6-11-18)16-27(25(30)20-14-9-15-22(31-2)24(20)32-27)33-26(23)29(28-17)19-12-7-4-8-13-19/h3-15,21,25,30H,16H2,1-2H3/t21-,25+,27+/m1/s1. The Kier molecular flexibility index (Phi) is 4.45. The van der Waals surface area contributed by atoms with Crippen LogP contribution in [0.4, 0.5) is 0 Å². The number of aliphatic hydroxyl groups is 1. The molecule has 0 radical (unpaired) electrons. The second-order valence-corrected chi connectivity index (χ2v) is 8.52. The van der Waals surface area contributed by atoms with Crippen molar-refractivity contribution in [2.24, 2.45) is 0 Å². The highest BCUT2D eigenvalue weighted by atomic mass is 16.7. The molecule has 4 aromatic rings. The van der Waals surface area contributed by atoms with Crippen molar-refractivity contribution in [2.75, 3.05) is 7.11 Å². The largest absolute Gasteiger partial charge is 0.493 e. The summed E-state index contributed by atoms with van der Waals surface area (Å²) in [6, 6.07) is 25.6. The van der Waals surface area contributed by atoms with Crippen molar-refractivity contribution in [3.63, 3.8) is 0 Å². The van der Waals surface area contributed by atoms with Crippen molar-refractivity contribution in [2.45, 2.75) is 31.2 Å². The third-order valence-electron chi connectivity index (χ3n) is 6.59. The molecule has 3 atom stereocenters. The Labute approximate surface area is 192 Å². The normalized spacial score (nSPS) is 22.9. The molecule has 3 heterocycles. The summed E-state index contributed by atoms with van der Waals surface area (Å²) in [5.41, 5.74) is 4.56. The Morgan fingerprint density at radius 1 is 0.970 bits per heavy atom.